The van der Waals surface area contributed by atoms with Gasteiger partial charge in [-0.15, -0.1) is 0 Å². The van der Waals surface area contributed by atoms with Crippen LogP contribution in [0.1, 0.15) is 84.1 Å². The molecule has 0 bridgehead atoms. The molecule has 59 heavy (non-hydrogen) atoms. The summed E-state index contributed by atoms with van der Waals surface area (Å²) < 4.78 is 27.9. The molecular formula is C47H60N4O8. The van der Waals surface area contributed by atoms with E-state index in [2.05, 4.69) is 20.5 Å². The molecule has 1 aliphatic heterocycles. The maximum Gasteiger partial charge on any atom is 0.257 e. The summed E-state index contributed by atoms with van der Waals surface area (Å²) in [6.07, 6.45) is 12.9. The molecule has 0 spiro atoms. The number of aromatic nitrogens is 1. The van der Waals surface area contributed by atoms with E-state index in [9.17, 15) is 9.59 Å². The quantitative estimate of drug-likeness (QED) is 0.0633. The minimum Gasteiger partial charge on any atom is -0.474 e. The maximum atomic E-state index is 14.0. The van der Waals surface area contributed by atoms with Crippen molar-refractivity contribution >= 4 is 28.9 Å². The molecule has 1 aliphatic carbocycles. The number of hydrogen-bond donors (Lipinski definition) is 3. The van der Waals surface area contributed by atoms with Crippen molar-refractivity contribution in [2.24, 2.45) is 0 Å². The van der Waals surface area contributed by atoms with Crippen LogP contribution < -0.4 is 20.3 Å². The number of aliphatic hydroxyl groups excluding tert-OH is 1. The van der Waals surface area contributed by atoms with Crippen LogP contribution in [-0.4, -0.2) is 101 Å². The third-order valence-corrected chi connectivity index (χ3v) is 10.6. The molecule has 3 aromatic carbocycles. The van der Waals surface area contributed by atoms with Crippen LogP contribution in [0, 0.1) is 0 Å². The number of rotatable bonds is 23. The molecule has 12 nitrogen and oxygen atoms in total. The first-order valence-electron chi connectivity index (χ1n) is 21.3. The first-order chi connectivity index (χ1) is 29.1. The second kappa shape index (κ2) is 24.3. The highest BCUT2D eigenvalue weighted by molar-refractivity contribution is 6.13. The number of pyridine rings is 1. The van der Waals surface area contributed by atoms with Gasteiger partial charge in [0.2, 0.25) is 5.88 Å². The smallest absolute Gasteiger partial charge is 0.257 e. The van der Waals surface area contributed by atoms with Gasteiger partial charge >= 0.3 is 0 Å². The largest absolute Gasteiger partial charge is 0.474 e. The summed E-state index contributed by atoms with van der Waals surface area (Å²) in [5.74, 6) is 0.0737. The number of aliphatic hydroxyl groups is 1. The number of amides is 2. The molecular weight excluding hydrogens is 749 g/mol. The fourth-order valence-electron chi connectivity index (χ4n) is 7.36. The number of aryl methyl sites for hydroxylation is 1. The molecule has 1 aromatic heterocycles. The highest BCUT2D eigenvalue weighted by atomic mass is 16.6. The first-order valence-corrected chi connectivity index (χ1v) is 21.3. The Hall–Kier alpha value is -4.85. The minimum atomic E-state index is -0.300. The molecule has 1 saturated carbocycles. The monoisotopic (exact) mass is 808 g/mol. The number of piperidine rings is 1. The fraction of sp³-hybridized carbons (Fsp3) is 0.468. The molecule has 2 aliphatic rings. The molecule has 0 unspecified atom stereocenters. The van der Waals surface area contributed by atoms with Crippen LogP contribution in [0.25, 0.3) is 11.1 Å². The van der Waals surface area contributed by atoms with E-state index in [1.807, 2.05) is 79.0 Å². The van der Waals surface area contributed by atoms with Crippen molar-refractivity contribution < 1.29 is 38.4 Å². The van der Waals surface area contributed by atoms with Crippen LogP contribution in [0.2, 0.25) is 0 Å². The van der Waals surface area contributed by atoms with Crippen LogP contribution in [0.15, 0.2) is 85.1 Å². The van der Waals surface area contributed by atoms with Crippen molar-refractivity contribution in [2.75, 3.05) is 88.1 Å². The fourth-order valence-corrected chi connectivity index (χ4v) is 7.36. The van der Waals surface area contributed by atoms with Gasteiger partial charge in [-0.3, -0.25) is 9.59 Å². The van der Waals surface area contributed by atoms with Gasteiger partial charge in [0, 0.05) is 54.5 Å². The highest BCUT2D eigenvalue weighted by Crippen LogP contribution is 2.29. The van der Waals surface area contributed by atoms with Crippen LogP contribution in [0.5, 0.6) is 5.88 Å². The van der Waals surface area contributed by atoms with E-state index in [0.29, 0.717) is 81.2 Å². The average molecular weight is 809 g/mol. The first kappa shape index (κ1) is 43.7. The molecule has 12 heteroatoms. The van der Waals surface area contributed by atoms with Gasteiger partial charge in [0.05, 0.1) is 64.1 Å². The summed E-state index contributed by atoms with van der Waals surface area (Å²) in [6.45, 7) is 5.61. The number of carbonyl (C=O) groups is 2. The summed E-state index contributed by atoms with van der Waals surface area (Å²) in [6, 6.07) is 24.9. The normalized spacial score (nSPS) is 14.6. The van der Waals surface area contributed by atoms with E-state index in [1.165, 1.54) is 25.7 Å². The number of nitrogens with one attached hydrogen (secondary N) is 2. The van der Waals surface area contributed by atoms with Gasteiger partial charge in [-0.05, 0) is 117 Å². The molecule has 0 radical (unpaired) electrons. The molecule has 0 atom stereocenters. The Bertz CT molecular complexity index is 1860. The predicted molar refractivity (Wildman–Crippen MR) is 231 cm³/mol. The van der Waals surface area contributed by atoms with Crippen molar-refractivity contribution in [3.05, 3.63) is 102 Å². The van der Waals surface area contributed by atoms with Crippen molar-refractivity contribution in [3.8, 4) is 17.0 Å². The SMILES string of the molecule is O=C(Nc1ccc(N2CCCCC2)cc1C(=O)Nc1ccc(-c2ccc(OC3CCCCC3)nc2)cc1)c1cccc(CCCOCCOCCOCCOCCO)c1. The summed E-state index contributed by atoms with van der Waals surface area (Å²) in [5.41, 5.74) is 5.96. The average Bonchev–Trinajstić information content (AvgIpc) is 3.28. The minimum absolute atomic E-state index is 0.00947. The predicted octanol–water partition coefficient (Wildman–Crippen LogP) is 7.95. The lowest BCUT2D eigenvalue weighted by Crippen LogP contribution is -2.29. The Kier molecular flexibility index (Phi) is 18.0. The van der Waals surface area contributed by atoms with Gasteiger partial charge in [-0.2, -0.15) is 0 Å². The third-order valence-electron chi connectivity index (χ3n) is 10.6. The summed E-state index contributed by atoms with van der Waals surface area (Å²) in [5, 5.41) is 14.8. The highest BCUT2D eigenvalue weighted by Gasteiger charge is 2.20. The standard InChI is InChI=1S/C47H60N4O8/c52-24-26-56-28-30-58-32-31-57-29-27-55-25-8-10-36-9-7-11-38(33-36)46(53)50-44-20-19-41(51-22-5-2-6-23-51)34-43(44)47(54)49-40-17-14-37(15-18-40)39-16-21-45(48-35-39)59-42-12-3-1-4-13-42/h7,9,11,14-21,33-35,42,52H,1-6,8,10,12-13,22-32H2,(H,49,54)(H,50,53). The van der Waals surface area contributed by atoms with Crippen molar-refractivity contribution in [2.45, 2.75) is 70.3 Å². The van der Waals surface area contributed by atoms with Crippen LogP contribution in [-0.2, 0) is 25.4 Å². The van der Waals surface area contributed by atoms with Crippen LogP contribution in [0.4, 0.5) is 17.1 Å². The zero-order valence-electron chi connectivity index (χ0n) is 34.2. The van der Waals surface area contributed by atoms with Crippen molar-refractivity contribution in [1.29, 1.82) is 0 Å². The zero-order valence-corrected chi connectivity index (χ0v) is 34.2. The molecule has 316 valence electrons. The lowest BCUT2D eigenvalue weighted by Gasteiger charge is -2.29. The second-order valence-electron chi connectivity index (χ2n) is 15.0. The third kappa shape index (κ3) is 14.4. The Labute approximate surface area is 348 Å². The van der Waals surface area contributed by atoms with Gasteiger partial charge in [0.1, 0.15) is 6.10 Å². The molecule has 6 rings (SSSR count). The zero-order chi connectivity index (χ0) is 40.9. The van der Waals surface area contributed by atoms with E-state index >= 15 is 0 Å². The second-order valence-corrected chi connectivity index (χ2v) is 15.0. The molecule has 2 heterocycles. The Morgan fingerprint density at radius 3 is 2.05 bits per heavy atom. The number of anilines is 3. The van der Waals surface area contributed by atoms with E-state index in [0.717, 1.165) is 74.0 Å². The summed E-state index contributed by atoms with van der Waals surface area (Å²) >= 11 is 0. The van der Waals surface area contributed by atoms with E-state index in [4.69, 9.17) is 28.8 Å². The maximum absolute atomic E-state index is 14.0. The molecule has 1 saturated heterocycles. The van der Waals surface area contributed by atoms with Crippen LogP contribution in [0.3, 0.4) is 0 Å². The Balaban J connectivity index is 1.01. The van der Waals surface area contributed by atoms with Crippen molar-refractivity contribution in [3.63, 3.8) is 0 Å². The van der Waals surface area contributed by atoms with Gasteiger partial charge in [0.15, 0.2) is 0 Å². The molecule has 2 fully saturated rings. The lowest BCUT2D eigenvalue weighted by atomic mass is 9.98. The number of carbonyl (C=O) groups excluding carboxylic acids is 2. The number of benzene rings is 3. The van der Waals surface area contributed by atoms with E-state index < -0.39 is 0 Å². The summed E-state index contributed by atoms with van der Waals surface area (Å²) in [4.78, 5) is 34.5. The van der Waals surface area contributed by atoms with Crippen LogP contribution >= 0.6 is 0 Å². The summed E-state index contributed by atoms with van der Waals surface area (Å²) in [7, 11) is 0. The number of nitrogens with zero attached hydrogens (tertiary/aromatic N) is 2. The van der Waals surface area contributed by atoms with Gasteiger partial charge in [-0.25, -0.2) is 4.98 Å². The van der Waals surface area contributed by atoms with Gasteiger partial charge in [-0.1, -0.05) is 30.7 Å². The Morgan fingerprint density at radius 2 is 1.36 bits per heavy atom. The number of ether oxygens (including phenoxy) is 5. The molecule has 3 N–H and O–H groups in total. The molecule has 4 aromatic rings. The van der Waals surface area contributed by atoms with E-state index in [-0.39, 0.29) is 24.5 Å². The van der Waals surface area contributed by atoms with Gasteiger partial charge < -0.3 is 44.3 Å². The van der Waals surface area contributed by atoms with Gasteiger partial charge in [0.25, 0.3) is 11.8 Å². The van der Waals surface area contributed by atoms with E-state index in [1.54, 1.807) is 6.07 Å². The van der Waals surface area contributed by atoms with Crippen molar-refractivity contribution in [1.82, 2.24) is 4.98 Å². The lowest BCUT2D eigenvalue weighted by molar-refractivity contribution is -0.00563. The number of hydrogen-bond acceptors (Lipinski definition) is 10. The molecule has 2 amide bonds. The topological polar surface area (TPSA) is 141 Å². The Morgan fingerprint density at radius 1 is 0.678 bits per heavy atom.